The third kappa shape index (κ3) is 5.26. The van der Waals surface area contributed by atoms with E-state index in [0.29, 0.717) is 17.9 Å². The average Bonchev–Trinajstić information content (AvgIpc) is 3.06. The van der Waals surface area contributed by atoms with Crippen molar-refractivity contribution in [1.29, 1.82) is 0 Å². The normalized spacial score (nSPS) is 19.6. The minimum Gasteiger partial charge on any atom is -0.464 e. The molecule has 1 aliphatic rings. The van der Waals surface area contributed by atoms with Crippen molar-refractivity contribution in [3.05, 3.63) is 35.4 Å². The number of hydrogen-bond donors (Lipinski definition) is 0. The Bertz CT molecular complexity index is 605. The summed E-state index contributed by atoms with van der Waals surface area (Å²) in [6.07, 6.45) is 6.13. The van der Waals surface area contributed by atoms with Gasteiger partial charge in [-0.25, -0.2) is 4.79 Å². The molecule has 0 N–H and O–H groups in total. The fourth-order valence-corrected chi connectivity index (χ4v) is 4.61. The van der Waals surface area contributed by atoms with E-state index in [-0.39, 0.29) is 17.3 Å². The van der Waals surface area contributed by atoms with Crippen molar-refractivity contribution in [2.24, 2.45) is 0 Å². The van der Waals surface area contributed by atoms with Gasteiger partial charge in [-0.05, 0) is 31.4 Å². The summed E-state index contributed by atoms with van der Waals surface area (Å²) in [6.45, 7) is 6.61. The molecule has 0 aliphatic carbocycles. The molecule has 2 unspecified atom stereocenters. The van der Waals surface area contributed by atoms with Crippen LogP contribution in [-0.4, -0.2) is 40.6 Å². The first-order valence-electron chi connectivity index (χ1n) is 9.76. The largest absolute Gasteiger partial charge is 0.464 e. The second kappa shape index (κ2) is 10.6. The number of ether oxygens (including phenoxy) is 1. The lowest BCUT2D eigenvalue weighted by molar-refractivity contribution is -0.148. The number of amides is 1. The van der Waals surface area contributed by atoms with E-state index in [4.69, 9.17) is 4.74 Å². The first kappa shape index (κ1) is 20.8. The number of benzene rings is 1. The van der Waals surface area contributed by atoms with Crippen molar-refractivity contribution in [1.82, 2.24) is 4.90 Å². The quantitative estimate of drug-likeness (QED) is 0.458. The third-order valence-electron chi connectivity index (χ3n) is 4.77. The van der Waals surface area contributed by atoms with Gasteiger partial charge in [0.15, 0.2) is 0 Å². The smallest absolute Gasteiger partial charge is 0.329 e. The topological polar surface area (TPSA) is 46.6 Å². The van der Waals surface area contributed by atoms with E-state index < -0.39 is 6.04 Å². The molecule has 1 aliphatic heterocycles. The summed E-state index contributed by atoms with van der Waals surface area (Å²) in [6, 6.07) is 7.13. The number of aryl methyl sites for hydroxylation is 1. The highest BCUT2D eigenvalue weighted by Crippen LogP contribution is 2.35. The molecule has 0 saturated carbocycles. The van der Waals surface area contributed by atoms with Gasteiger partial charge in [-0.1, -0.05) is 57.7 Å². The van der Waals surface area contributed by atoms with Crippen LogP contribution in [0.1, 0.15) is 68.3 Å². The van der Waals surface area contributed by atoms with Gasteiger partial charge < -0.3 is 9.64 Å². The van der Waals surface area contributed by atoms with Crippen LogP contribution in [0.3, 0.4) is 0 Å². The third-order valence-corrected chi connectivity index (χ3v) is 6.13. The van der Waals surface area contributed by atoms with E-state index in [1.165, 1.54) is 0 Å². The molecule has 0 bridgehead atoms. The SMILES string of the molecule is CCCCCC1SCC(C(=O)OCCCC)N1C(=O)c1ccccc1C. The van der Waals surface area contributed by atoms with Crippen LogP contribution in [0.2, 0.25) is 0 Å². The molecule has 144 valence electrons. The molecule has 0 aromatic heterocycles. The molecular weight excluding hydrogens is 346 g/mol. The number of unbranched alkanes of at least 4 members (excludes halogenated alkanes) is 3. The molecule has 2 rings (SSSR count). The predicted octanol–water partition coefficient (Wildman–Crippen LogP) is 4.80. The zero-order valence-corrected chi connectivity index (χ0v) is 17.0. The van der Waals surface area contributed by atoms with Crippen LogP contribution in [0.5, 0.6) is 0 Å². The number of hydrogen-bond acceptors (Lipinski definition) is 4. The van der Waals surface area contributed by atoms with E-state index in [2.05, 4.69) is 13.8 Å². The maximum atomic E-state index is 13.3. The van der Waals surface area contributed by atoms with E-state index in [1.807, 2.05) is 31.2 Å². The fourth-order valence-electron chi connectivity index (χ4n) is 3.17. The van der Waals surface area contributed by atoms with Crippen molar-refractivity contribution in [3.8, 4) is 0 Å². The zero-order valence-electron chi connectivity index (χ0n) is 16.2. The first-order valence-corrected chi connectivity index (χ1v) is 10.8. The molecule has 1 amide bonds. The number of rotatable bonds is 9. The lowest BCUT2D eigenvalue weighted by atomic mass is 10.1. The molecule has 0 spiro atoms. The number of thioether (sulfide) groups is 1. The number of nitrogens with zero attached hydrogens (tertiary/aromatic N) is 1. The van der Waals surface area contributed by atoms with E-state index >= 15 is 0 Å². The van der Waals surface area contributed by atoms with Crippen molar-refractivity contribution >= 4 is 23.6 Å². The molecule has 26 heavy (non-hydrogen) atoms. The maximum Gasteiger partial charge on any atom is 0.329 e. The van der Waals surface area contributed by atoms with Crippen molar-refractivity contribution in [2.75, 3.05) is 12.4 Å². The molecule has 1 aromatic carbocycles. The average molecular weight is 378 g/mol. The summed E-state index contributed by atoms with van der Waals surface area (Å²) in [4.78, 5) is 27.6. The summed E-state index contributed by atoms with van der Waals surface area (Å²) in [5, 5.41) is 0.0531. The minimum atomic E-state index is -0.476. The minimum absolute atomic E-state index is 0.0490. The maximum absolute atomic E-state index is 13.3. The Balaban J connectivity index is 2.17. The van der Waals surface area contributed by atoms with Gasteiger partial charge in [0.05, 0.1) is 12.0 Å². The van der Waals surface area contributed by atoms with E-state index in [9.17, 15) is 9.59 Å². The second-order valence-corrected chi connectivity index (χ2v) is 8.06. The standard InChI is InChI=1S/C21H31NO3S/c1-4-6-8-13-19-22(20(23)17-12-10-9-11-16(17)3)18(15-26-19)21(24)25-14-7-5-2/h9-12,18-19H,4-8,13-15H2,1-3H3. The van der Waals surface area contributed by atoms with Crippen molar-refractivity contribution in [3.63, 3.8) is 0 Å². The van der Waals surface area contributed by atoms with Crippen molar-refractivity contribution < 1.29 is 14.3 Å². The van der Waals surface area contributed by atoms with Gasteiger partial charge in [-0.3, -0.25) is 4.79 Å². The number of esters is 1. The molecule has 5 heteroatoms. The molecular formula is C21H31NO3S. The monoisotopic (exact) mass is 377 g/mol. The summed E-state index contributed by atoms with van der Waals surface area (Å²) in [5.41, 5.74) is 1.63. The Kier molecular flexibility index (Phi) is 8.49. The zero-order chi connectivity index (χ0) is 18.9. The highest BCUT2D eigenvalue weighted by molar-refractivity contribution is 8.00. The molecule has 4 nitrogen and oxygen atoms in total. The number of carbonyl (C=O) groups excluding carboxylic acids is 2. The van der Waals surface area contributed by atoms with Crippen LogP contribution in [-0.2, 0) is 9.53 Å². The summed E-state index contributed by atoms with van der Waals surface area (Å²) in [5.74, 6) is 0.317. The summed E-state index contributed by atoms with van der Waals surface area (Å²) >= 11 is 1.71. The number of carbonyl (C=O) groups is 2. The van der Waals surface area contributed by atoms with E-state index in [0.717, 1.165) is 44.1 Å². The summed E-state index contributed by atoms with van der Waals surface area (Å²) in [7, 11) is 0. The van der Waals surface area contributed by atoms with Gasteiger partial charge in [0.1, 0.15) is 6.04 Å². The Hall–Kier alpha value is -1.49. The molecule has 1 aromatic rings. The van der Waals surface area contributed by atoms with Gasteiger partial charge in [-0.15, -0.1) is 11.8 Å². The van der Waals surface area contributed by atoms with Crippen LogP contribution in [0.25, 0.3) is 0 Å². The van der Waals surface area contributed by atoms with Gasteiger partial charge >= 0.3 is 5.97 Å². The molecule has 1 heterocycles. The van der Waals surface area contributed by atoms with Gasteiger partial charge in [0, 0.05) is 11.3 Å². The van der Waals surface area contributed by atoms with Crippen LogP contribution in [0.15, 0.2) is 24.3 Å². The highest BCUT2D eigenvalue weighted by atomic mass is 32.2. The van der Waals surface area contributed by atoms with Gasteiger partial charge in [0.2, 0.25) is 0 Å². The van der Waals surface area contributed by atoms with Gasteiger partial charge in [0.25, 0.3) is 5.91 Å². The van der Waals surface area contributed by atoms with Crippen LogP contribution in [0, 0.1) is 6.92 Å². The Morgan fingerprint density at radius 1 is 1.15 bits per heavy atom. The molecule has 0 radical (unpaired) electrons. The first-order chi connectivity index (χ1) is 12.6. The molecule has 1 fully saturated rings. The van der Waals surface area contributed by atoms with Crippen LogP contribution >= 0.6 is 11.8 Å². The van der Waals surface area contributed by atoms with Crippen LogP contribution in [0.4, 0.5) is 0 Å². The molecule has 1 saturated heterocycles. The molecule has 2 atom stereocenters. The summed E-state index contributed by atoms with van der Waals surface area (Å²) < 4.78 is 5.44. The second-order valence-electron chi connectivity index (χ2n) is 6.85. The fraction of sp³-hybridized carbons (Fsp3) is 0.619. The Morgan fingerprint density at radius 2 is 1.88 bits per heavy atom. The lowest BCUT2D eigenvalue weighted by Crippen LogP contribution is -2.46. The van der Waals surface area contributed by atoms with Crippen molar-refractivity contribution in [2.45, 2.75) is 70.7 Å². The lowest BCUT2D eigenvalue weighted by Gasteiger charge is -2.29. The van der Waals surface area contributed by atoms with Crippen LogP contribution < -0.4 is 0 Å². The van der Waals surface area contributed by atoms with E-state index in [1.54, 1.807) is 16.7 Å². The predicted molar refractivity (Wildman–Crippen MR) is 107 cm³/mol. The Labute approximate surface area is 161 Å². The Morgan fingerprint density at radius 3 is 2.58 bits per heavy atom. The van der Waals surface area contributed by atoms with Gasteiger partial charge in [-0.2, -0.15) is 0 Å². The highest BCUT2D eigenvalue weighted by Gasteiger charge is 2.42.